The summed E-state index contributed by atoms with van der Waals surface area (Å²) in [6, 6.07) is 4.57. The Bertz CT molecular complexity index is 736. The summed E-state index contributed by atoms with van der Waals surface area (Å²) in [5.74, 6) is -2.11. The topological polar surface area (TPSA) is 75.7 Å². The minimum atomic E-state index is -4.62. The standard InChI is InChI=1S/C19H23F3N2O4/c1-3-16(25)24-10-6-7-13(11-24)18(27)28-12(2)17(26)23-15-9-5-4-8-14(15)19(20,21)22/h4-5,8-9,12-13H,3,6-7,10-11H2,1-2H3,(H,23,26). The number of anilines is 1. The van der Waals surface area contributed by atoms with Gasteiger partial charge in [0.05, 0.1) is 17.2 Å². The molecule has 0 aromatic heterocycles. The fraction of sp³-hybridized carbons (Fsp3) is 0.526. The molecule has 1 aliphatic rings. The van der Waals surface area contributed by atoms with Crippen molar-refractivity contribution >= 4 is 23.5 Å². The maximum absolute atomic E-state index is 13.0. The molecular weight excluding hydrogens is 377 g/mol. The van der Waals surface area contributed by atoms with Gasteiger partial charge in [-0.2, -0.15) is 13.2 Å². The normalized spacial score (nSPS) is 18.3. The van der Waals surface area contributed by atoms with Crippen LogP contribution in [-0.2, 0) is 25.3 Å². The molecule has 154 valence electrons. The van der Waals surface area contributed by atoms with Gasteiger partial charge in [0, 0.05) is 19.5 Å². The van der Waals surface area contributed by atoms with Crippen LogP contribution in [0.25, 0.3) is 0 Å². The maximum atomic E-state index is 13.0. The number of halogens is 3. The molecule has 0 bridgehead atoms. The average Bonchev–Trinajstić information content (AvgIpc) is 2.66. The third kappa shape index (κ3) is 5.46. The second-order valence-electron chi connectivity index (χ2n) is 6.64. The molecule has 0 radical (unpaired) electrons. The van der Waals surface area contributed by atoms with E-state index in [1.54, 1.807) is 11.8 Å². The number of alkyl halides is 3. The summed E-state index contributed by atoms with van der Waals surface area (Å²) in [6.45, 7) is 3.81. The highest BCUT2D eigenvalue weighted by Gasteiger charge is 2.35. The first-order valence-corrected chi connectivity index (χ1v) is 9.08. The van der Waals surface area contributed by atoms with E-state index in [-0.39, 0.29) is 12.5 Å². The van der Waals surface area contributed by atoms with E-state index in [4.69, 9.17) is 4.74 Å². The van der Waals surface area contributed by atoms with Gasteiger partial charge in [-0.25, -0.2) is 0 Å². The van der Waals surface area contributed by atoms with Crippen LogP contribution in [0.4, 0.5) is 18.9 Å². The lowest BCUT2D eigenvalue weighted by Gasteiger charge is -2.31. The molecule has 2 amide bonds. The van der Waals surface area contributed by atoms with Gasteiger partial charge < -0.3 is 15.0 Å². The highest BCUT2D eigenvalue weighted by molar-refractivity contribution is 5.96. The molecule has 28 heavy (non-hydrogen) atoms. The van der Waals surface area contributed by atoms with Crippen LogP contribution in [0.1, 0.15) is 38.7 Å². The number of amides is 2. The zero-order valence-electron chi connectivity index (χ0n) is 15.7. The summed E-state index contributed by atoms with van der Waals surface area (Å²) >= 11 is 0. The number of para-hydroxylation sites is 1. The number of benzene rings is 1. The molecular formula is C19H23F3N2O4. The van der Waals surface area contributed by atoms with Crippen LogP contribution in [0.5, 0.6) is 0 Å². The second kappa shape index (κ2) is 9.07. The molecule has 9 heteroatoms. The van der Waals surface area contributed by atoms with E-state index in [0.29, 0.717) is 25.8 Å². The molecule has 0 saturated carbocycles. The summed E-state index contributed by atoms with van der Waals surface area (Å²) in [6.07, 6.45) is -4.39. The van der Waals surface area contributed by atoms with E-state index < -0.39 is 41.3 Å². The maximum Gasteiger partial charge on any atom is 0.418 e. The van der Waals surface area contributed by atoms with E-state index in [9.17, 15) is 27.6 Å². The average molecular weight is 400 g/mol. The highest BCUT2D eigenvalue weighted by atomic mass is 19.4. The number of esters is 1. The predicted molar refractivity (Wildman–Crippen MR) is 95.2 cm³/mol. The number of ether oxygens (including phenoxy) is 1. The number of carbonyl (C=O) groups excluding carboxylic acids is 3. The minimum absolute atomic E-state index is 0.0629. The second-order valence-corrected chi connectivity index (χ2v) is 6.64. The first-order valence-electron chi connectivity index (χ1n) is 9.08. The van der Waals surface area contributed by atoms with Crippen LogP contribution in [0.3, 0.4) is 0 Å². The van der Waals surface area contributed by atoms with Crippen LogP contribution in [-0.4, -0.2) is 41.9 Å². The van der Waals surface area contributed by atoms with Gasteiger partial charge >= 0.3 is 12.1 Å². The zero-order valence-corrected chi connectivity index (χ0v) is 15.7. The summed E-state index contributed by atoms with van der Waals surface area (Å²) < 4.78 is 44.2. The van der Waals surface area contributed by atoms with Crippen LogP contribution >= 0.6 is 0 Å². The predicted octanol–water partition coefficient (Wildman–Crippen LogP) is 3.22. The number of hydrogen-bond acceptors (Lipinski definition) is 4. The number of nitrogens with one attached hydrogen (secondary N) is 1. The molecule has 1 aromatic rings. The van der Waals surface area contributed by atoms with Gasteiger partial charge in [0.1, 0.15) is 0 Å². The third-order valence-corrected chi connectivity index (χ3v) is 4.56. The van der Waals surface area contributed by atoms with Crippen molar-refractivity contribution in [3.8, 4) is 0 Å². The van der Waals surface area contributed by atoms with Crippen LogP contribution in [0, 0.1) is 5.92 Å². The molecule has 1 heterocycles. The van der Waals surface area contributed by atoms with Gasteiger partial charge in [-0.05, 0) is 31.9 Å². The van der Waals surface area contributed by atoms with Crippen molar-refractivity contribution in [3.05, 3.63) is 29.8 Å². The van der Waals surface area contributed by atoms with E-state index in [2.05, 4.69) is 5.32 Å². The lowest BCUT2D eigenvalue weighted by molar-refractivity contribution is -0.159. The van der Waals surface area contributed by atoms with Crippen LogP contribution in [0.15, 0.2) is 24.3 Å². The summed E-state index contributed by atoms with van der Waals surface area (Å²) in [4.78, 5) is 37.9. The van der Waals surface area contributed by atoms with Gasteiger partial charge in [-0.1, -0.05) is 19.1 Å². The third-order valence-electron chi connectivity index (χ3n) is 4.56. The largest absolute Gasteiger partial charge is 0.452 e. The van der Waals surface area contributed by atoms with Crippen LogP contribution < -0.4 is 5.32 Å². The summed E-state index contributed by atoms with van der Waals surface area (Å²) in [5, 5.41) is 2.16. The smallest absolute Gasteiger partial charge is 0.418 e. The minimum Gasteiger partial charge on any atom is -0.452 e. The Morgan fingerprint density at radius 1 is 1.29 bits per heavy atom. The number of hydrogen-bond donors (Lipinski definition) is 1. The number of piperidine rings is 1. The molecule has 2 rings (SSSR count). The molecule has 1 aliphatic heterocycles. The zero-order chi connectivity index (χ0) is 20.9. The van der Waals surface area contributed by atoms with Crippen molar-refractivity contribution < 1.29 is 32.3 Å². The van der Waals surface area contributed by atoms with Crippen molar-refractivity contribution in [1.29, 1.82) is 0 Å². The van der Waals surface area contributed by atoms with E-state index in [1.807, 2.05) is 0 Å². The van der Waals surface area contributed by atoms with Crippen LogP contribution in [0.2, 0.25) is 0 Å². The molecule has 6 nitrogen and oxygen atoms in total. The lowest BCUT2D eigenvalue weighted by atomic mass is 9.98. The molecule has 2 unspecified atom stereocenters. The van der Waals surface area contributed by atoms with Crippen molar-refractivity contribution in [2.24, 2.45) is 5.92 Å². The van der Waals surface area contributed by atoms with Gasteiger partial charge in [0.15, 0.2) is 6.10 Å². The first kappa shape index (κ1) is 21.7. The molecule has 1 aromatic carbocycles. The lowest BCUT2D eigenvalue weighted by Crippen LogP contribution is -2.43. The quantitative estimate of drug-likeness (QED) is 0.770. The molecule has 1 saturated heterocycles. The Labute approximate surface area is 161 Å². The Kier molecular flexibility index (Phi) is 7.04. The molecule has 1 N–H and O–H groups in total. The van der Waals surface area contributed by atoms with Gasteiger partial charge in [0.25, 0.3) is 5.91 Å². The van der Waals surface area contributed by atoms with E-state index in [1.165, 1.54) is 19.1 Å². The number of nitrogens with zero attached hydrogens (tertiary/aromatic N) is 1. The summed E-state index contributed by atoms with van der Waals surface area (Å²) in [7, 11) is 0. The first-order chi connectivity index (χ1) is 13.1. The molecule has 2 atom stereocenters. The number of rotatable bonds is 5. The van der Waals surface area contributed by atoms with Crippen molar-refractivity contribution in [1.82, 2.24) is 4.90 Å². The summed E-state index contributed by atoms with van der Waals surface area (Å²) in [5.41, 5.74) is -1.39. The fourth-order valence-corrected chi connectivity index (χ4v) is 3.02. The van der Waals surface area contributed by atoms with Crippen molar-refractivity contribution in [2.45, 2.75) is 45.4 Å². The van der Waals surface area contributed by atoms with Gasteiger partial charge in [0.2, 0.25) is 5.91 Å². The Morgan fingerprint density at radius 3 is 2.61 bits per heavy atom. The highest BCUT2D eigenvalue weighted by Crippen LogP contribution is 2.34. The van der Waals surface area contributed by atoms with Gasteiger partial charge in [-0.15, -0.1) is 0 Å². The Morgan fingerprint density at radius 2 is 1.96 bits per heavy atom. The number of likely N-dealkylation sites (tertiary alicyclic amines) is 1. The van der Waals surface area contributed by atoms with Crippen molar-refractivity contribution in [2.75, 3.05) is 18.4 Å². The number of carbonyl (C=O) groups is 3. The van der Waals surface area contributed by atoms with E-state index >= 15 is 0 Å². The SMILES string of the molecule is CCC(=O)N1CCCC(C(=O)OC(C)C(=O)Nc2ccccc2C(F)(F)F)C1. The van der Waals surface area contributed by atoms with E-state index in [0.717, 1.165) is 12.1 Å². The fourth-order valence-electron chi connectivity index (χ4n) is 3.02. The molecule has 0 spiro atoms. The Balaban J connectivity index is 1.97. The van der Waals surface area contributed by atoms with Gasteiger partial charge in [-0.3, -0.25) is 14.4 Å². The molecule has 1 fully saturated rings. The Hall–Kier alpha value is -2.58. The van der Waals surface area contributed by atoms with Crippen molar-refractivity contribution in [3.63, 3.8) is 0 Å². The monoisotopic (exact) mass is 400 g/mol. The molecule has 0 aliphatic carbocycles.